The number of para-hydroxylation sites is 2. The van der Waals surface area contributed by atoms with Crippen LogP contribution in [0.15, 0.2) is 59.4 Å². The molecular formula is C23H19NO4S. The lowest BCUT2D eigenvalue weighted by molar-refractivity contribution is -0.143. The quantitative estimate of drug-likeness (QED) is 0.283. The van der Waals surface area contributed by atoms with E-state index in [1.165, 1.54) is 0 Å². The highest BCUT2D eigenvalue weighted by Gasteiger charge is 2.17. The number of pyridine rings is 1. The number of thiophene rings is 1. The minimum absolute atomic E-state index is 0.0701. The molecule has 4 aromatic rings. The molecule has 0 unspecified atom stereocenters. The predicted octanol–water partition coefficient (Wildman–Crippen LogP) is 4.26. The second kappa shape index (κ2) is 7.64. The maximum absolute atomic E-state index is 12.8. The first-order valence-corrected chi connectivity index (χ1v) is 10.0. The zero-order chi connectivity index (χ0) is 20.5. The monoisotopic (exact) mass is 405 g/mol. The number of aryl methyl sites for hydroxylation is 2. The van der Waals surface area contributed by atoms with Gasteiger partial charge in [-0.1, -0.05) is 24.3 Å². The Morgan fingerprint density at radius 1 is 0.966 bits per heavy atom. The van der Waals surface area contributed by atoms with Crippen LogP contribution in [0.25, 0.3) is 21.8 Å². The molecule has 0 aliphatic carbocycles. The largest absolute Gasteiger partial charge is 0.456 e. The molecule has 0 saturated carbocycles. The van der Waals surface area contributed by atoms with Gasteiger partial charge in [0.2, 0.25) is 5.78 Å². The normalized spacial score (nSPS) is 11.1. The Balaban J connectivity index is 1.62. The number of hydrogen-bond acceptors (Lipinski definition) is 5. The molecular weight excluding hydrogens is 386 g/mol. The summed E-state index contributed by atoms with van der Waals surface area (Å²) < 4.78 is 7.03. The molecule has 29 heavy (non-hydrogen) atoms. The van der Waals surface area contributed by atoms with Crippen molar-refractivity contribution in [2.75, 3.05) is 6.61 Å². The van der Waals surface area contributed by atoms with Crippen molar-refractivity contribution in [3.8, 4) is 0 Å². The molecule has 0 bridgehead atoms. The number of Topliss-reactive ketones (excluding diaryl/α,β-unsaturated/α-hetero) is 1. The first-order valence-electron chi connectivity index (χ1n) is 9.22. The van der Waals surface area contributed by atoms with E-state index in [0.29, 0.717) is 27.4 Å². The van der Waals surface area contributed by atoms with E-state index >= 15 is 0 Å². The third kappa shape index (κ3) is 3.59. The van der Waals surface area contributed by atoms with Crippen LogP contribution in [0.5, 0.6) is 0 Å². The third-order valence-electron chi connectivity index (χ3n) is 4.87. The number of esters is 1. The molecule has 5 nitrogen and oxygen atoms in total. The van der Waals surface area contributed by atoms with Crippen molar-refractivity contribution in [2.45, 2.75) is 20.4 Å². The second-order valence-corrected chi connectivity index (χ2v) is 8.32. The van der Waals surface area contributed by atoms with Crippen molar-refractivity contribution in [1.29, 1.82) is 0 Å². The van der Waals surface area contributed by atoms with Gasteiger partial charge in [-0.15, -0.1) is 11.3 Å². The molecule has 6 heteroatoms. The molecule has 0 amide bonds. The third-order valence-corrected chi connectivity index (χ3v) is 5.84. The molecule has 0 saturated heterocycles. The maximum Gasteiger partial charge on any atom is 0.326 e. The van der Waals surface area contributed by atoms with E-state index in [0.717, 1.165) is 9.75 Å². The van der Waals surface area contributed by atoms with Gasteiger partial charge in [-0.05, 0) is 44.2 Å². The van der Waals surface area contributed by atoms with E-state index in [4.69, 9.17) is 4.74 Å². The summed E-state index contributed by atoms with van der Waals surface area (Å²) in [6.07, 6.45) is 0. The van der Waals surface area contributed by atoms with E-state index in [2.05, 4.69) is 0 Å². The smallest absolute Gasteiger partial charge is 0.326 e. The molecule has 2 aromatic carbocycles. The Kier molecular flexibility index (Phi) is 5.03. The van der Waals surface area contributed by atoms with Gasteiger partial charge in [-0.2, -0.15) is 0 Å². The Labute approximate surface area is 171 Å². The van der Waals surface area contributed by atoms with Gasteiger partial charge in [0, 0.05) is 26.1 Å². The summed E-state index contributed by atoms with van der Waals surface area (Å²) in [5.41, 5.74) is 1.84. The van der Waals surface area contributed by atoms with Crippen molar-refractivity contribution >= 4 is 44.9 Å². The summed E-state index contributed by atoms with van der Waals surface area (Å²) in [4.78, 5) is 39.6. The topological polar surface area (TPSA) is 65.4 Å². The number of ketones is 1. The SMILES string of the molecule is Cc1cc(C(=O)COC(=O)Cn2c3ccccc3c(=O)c3ccccc32)c(C)s1. The highest BCUT2D eigenvalue weighted by molar-refractivity contribution is 7.12. The lowest BCUT2D eigenvalue weighted by Crippen LogP contribution is -2.20. The first-order chi connectivity index (χ1) is 14.0. The highest BCUT2D eigenvalue weighted by Crippen LogP contribution is 2.21. The van der Waals surface area contributed by atoms with Gasteiger partial charge < -0.3 is 9.30 Å². The summed E-state index contributed by atoms with van der Waals surface area (Å²) in [5, 5.41) is 1.08. The molecule has 2 aromatic heterocycles. The number of aromatic nitrogens is 1. The van der Waals surface area contributed by atoms with Crippen LogP contribution in [0.4, 0.5) is 0 Å². The Morgan fingerprint density at radius 2 is 1.55 bits per heavy atom. The van der Waals surface area contributed by atoms with Crippen LogP contribution < -0.4 is 5.43 Å². The molecule has 0 aliphatic heterocycles. The molecule has 0 spiro atoms. The first kappa shape index (κ1) is 19.1. The van der Waals surface area contributed by atoms with E-state index in [1.807, 2.05) is 32.0 Å². The van der Waals surface area contributed by atoms with Crippen LogP contribution >= 0.6 is 11.3 Å². The van der Waals surface area contributed by atoms with Crippen LogP contribution in [0.1, 0.15) is 20.1 Å². The van der Waals surface area contributed by atoms with Crippen molar-refractivity contribution in [2.24, 2.45) is 0 Å². The van der Waals surface area contributed by atoms with Crippen LogP contribution in [0.2, 0.25) is 0 Å². The Hall–Kier alpha value is -3.25. The molecule has 0 fully saturated rings. The number of nitrogens with zero attached hydrogens (tertiary/aromatic N) is 1. The molecule has 0 N–H and O–H groups in total. The van der Waals surface area contributed by atoms with E-state index in [9.17, 15) is 14.4 Å². The molecule has 2 heterocycles. The van der Waals surface area contributed by atoms with Crippen LogP contribution in [0, 0.1) is 13.8 Å². The number of ether oxygens (including phenoxy) is 1. The summed E-state index contributed by atoms with van der Waals surface area (Å²) in [6.45, 7) is 3.43. The van der Waals surface area contributed by atoms with E-state index in [1.54, 1.807) is 52.3 Å². The number of benzene rings is 2. The number of carbonyl (C=O) groups excluding carboxylic acids is 2. The summed E-state index contributed by atoms with van der Waals surface area (Å²) in [7, 11) is 0. The average Bonchev–Trinajstić information content (AvgIpc) is 3.07. The van der Waals surface area contributed by atoms with E-state index < -0.39 is 5.97 Å². The summed E-state index contributed by atoms with van der Waals surface area (Å²) >= 11 is 1.54. The molecule has 0 atom stereocenters. The second-order valence-electron chi connectivity index (χ2n) is 6.86. The van der Waals surface area contributed by atoms with Gasteiger partial charge in [0.1, 0.15) is 6.54 Å². The van der Waals surface area contributed by atoms with Crippen molar-refractivity contribution < 1.29 is 14.3 Å². The van der Waals surface area contributed by atoms with Gasteiger partial charge in [0.25, 0.3) is 0 Å². The molecule has 4 rings (SSSR count). The summed E-state index contributed by atoms with van der Waals surface area (Å²) in [6, 6.07) is 16.2. The van der Waals surface area contributed by atoms with Crippen LogP contribution in [-0.4, -0.2) is 22.9 Å². The van der Waals surface area contributed by atoms with Crippen molar-refractivity contribution in [3.63, 3.8) is 0 Å². The maximum atomic E-state index is 12.8. The predicted molar refractivity (Wildman–Crippen MR) is 115 cm³/mol. The Bertz CT molecular complexity index is 1260. The fourth-order valence-electron chi connectivity index (χ4n) is 3.55. The fraction of sp³-hybridized carbons (Fsp3) is 0.174. The van der Waals surface area contributed by atoms with Crippen molar-refractivity contribution in [3.05, 3.63) is 80.1 Å². The standard InChI is InChI=1S/C23H19NO4S/c1-14-11-18(15(2)29-14)21(25)13-28-22(26)12-24-19-9-5-3-7-16(19)23(27)17-8-4-6-10-20(17)24/h3-11H,12-13H2,1-2H3. The zero-order valence-corrected chi connectivity index (χ0v) is 16.9. The number of hydrogen-bond donors (Lipinski definition) is 0. The molecule has 0 radical (unpaired) electrons. The number of fused-ring (bicyclic) bond motifs is 2. The lowest BCUT2D eigenvalue weighted by atomic mass is 10.1. The van der Waals surface area contributed by atoms with E-state index in [-0.39, 0.29) is 24.4 Å². The minimum Gasteiger partial charge on any atom is -0.456 e. The average molecular weight is 405 g/mol. The van der Waals surface area contributed by atoms with Crippen molar-refractivity contribution in [1.82, 2.24) is 4.57 Å². The minimum atomic E-state index is -0.526. The van der Waals surface area contributed by atoms with Gasteiger partial charge >= 0.3 is 5.97 Å². The molecule has 0 aliphatic rings. The lowest BCUT2D eigenvalue weighted by Gasteiger charge is -2.14. The summed E-state index contributed by atoms with van der Waals surface area (Å²) in [5.74, 6) is -0.739. The van der Waals surface area contributed by atoms with Gasteiger partial charge in [-0.25, -0.2) is 0 Å². The van der Waals surface area contributed by atoms with Gasteiger partial charge in [0.15, 0.2) is 12.0 Å². The molecule has 146 valence electrons. The Morgan fingerprint density at radius 3 is 2.10 bits per heavy atom. The number of carbonyl (C=O) groups is 2. The fourth-order valence-corrected chi connectivity index (χ4v) is 4.50. The van der Waals surface area contributed by atoms with Gasteiger partial charge in [0.05, 0.1) is 11.0 Å². The highest BCUT2D eigenvalue weighted by atomic mass is 32.1. The van der Waals surface area contributed by atoms with Crippen LogP contribution in [-0.2, 0) is 16.1 Å². The zero-order valence-electron chi connectivity index (χ0n) is 16.1. The van der Waals surface area contributed by atoms with Crippen LogP contribution in [0.3, 0.4) is 0 Å². The van der Waals surface area contributed by atoms with Gasteiger partial charge in [-0.3, -0.25) is 14.4 Å². The number of rotatable bonds is 5.